The average molecular weight is 371 g/mol. The van der Waals surface area contributed by atoms with Crippen molar-refractivity contribution in [1.82, 2.24) is 0 Å². The van der Waals surface area contributed by atoms with Crippen LogP contribution in [-0.4, -0.2) is 35.6 Å². The summed E-state index contributed by atoms with van der Waals surface area (Å²) >= 11 is 0. The van der Waals surface area contributed by atoms with Crippen molar-refractivity contribution in [2.75, 3.05) is 0 Å². The van der Waals surface area contributed by atoms with Gasteiger partial charge in [0.05, 0.1) is 24.4 Å². The fourth-order valence-corrected chi connectivity index (χ4v) is 1.94. The fourth-order valence-electron chi connectivity index (χ4n) is 1.94. The van der Waals surface area contributed by atoms with E-state index >= 15 is 0 Å². The minimum atomic E-state index is -0.598. The maximum absolute atomic E-state index is 9.74. The molecule has 0 bridgehead atoms. The van der Waals surface area contributed by atoms with Crippen LogP contribution in [0.3, 0.4) is 0 Å². The summed E-state index contributed by atoms with van der Waals surface area (Å²) in [7, 11) is 0. The second kappa shape index (κ2) is 4.58. The van der Waals surface area contributed by atoms with Crippen molar-refractivity contribution in [3.05, 3.63) is 6.29 Å². The zero-order chi connectivity index (χ0) is 9.59. The van der Waals surface area contributed by atoms with Gasteiger partial charge in [0.25, 0.3) is 0 Å². The number of hydrogen-bond acceptors (Lipinski definition) is 4. The van der Waals surface area contributed by atoms with E-state index in [4.69, 9.17) is 14.2 Å². The normalized spacial score (nSPS) is 48.4. The summed E-state index contributed by atoms with van der Waals surface area (Å²) in [4.78, 5) is 0. The third-order valence-electron chi connectivity index (χ3n) is 2.64. The maximum atomic E-state index is 9.74. The van der Waals surface area contributed by atoms with Gasteiger partial charge in [0.15, 0.2) is 0 Å². The number of ether oxygens (including phenoxy) is 3. The van der Waals surface area contributed by atoms with Crippen molar-refractivity contribution >= 4 is 0 Å². The van der Waals surface area contributed by atoms with Crippen LogP contribution in [0.4, 0.5) is 0 Å². The molecule has 2 rings (SSSR count). The minimum Gasteiger partial charge on any atom is -0.516 e. The third-order valence-corrected chi connectivity index (χ3v) is 2.64. The molecule has 5 unspecified atom stereocenters. The van der Waals surface area contributed by atoms with E-state index in [9.17, 15) is 5.11 Å². The van der Waals surface area contributed by atoms with Gasteiger partial charge in [-0.3, -0.25) is 0 Å². The molecule has 0 amide bonds. The Balaban J connectivity index is 0.000000980. The minimum absolute atomic E-state index is 0. The van der Waals surface area contributed by atoms with Crippen molar-refractivity contribution in [3.8, 4) is 0 Å². The quantitative estimate of drug-likeness (QED) is 0.629. The van der Waals surface area contributed by atoms with Crippen LogP contribution in [0.1, 0.15) is 20.8 Å². The third kappa shape index (κ3) is 2.05. The molecule has 0 aromatic carbocycles. The van der Waals surface area contributed by atoms with E-state index in [0.717, 1.165) is 0 Å². The standard InChI is InChI=1S/C9H15O4.W/c1-4-7(10)9-8(5(2)11-4)12-6(3)13-9;/h4-5,7-10H,1-3H3;/q-1;. The Morgan fingerprint density at radius 3 is 2.29 bits per heavy atom. The van der Waals surface area contributed by atoms with Gasteiger partial charge in [0.2, 0.25) is 0 Å². The molecule has 0 aromatic rings. The summed E-state index contributed by atoms with van der Waals surface area (Å²) in [5.74, 6) is 0. The molecule has 4 nitrogen and oxygen atoms in total. The molecule has 5 atom stereocenters. The second-order valence-corrected chi connectivity index (χ2v) is 3.69. The first-order chi connectivity index (χ1) is 6.09. The summed E-state index contributed by atoms with van der Waals surface area (Å²) in [6, 6.07) is 0. The molecule has 0 aromatic heterocycles. The zero-order valence-corrected chi connectivity index (χ0v) is 11.4. The molecule has 5 heteroatoms. The van der Waals surface area contributed by atoms with E-state index < -0.39 is 6.10 Å². The first kappa shape index (κ1) is 12.6. The molecule has 1 N–H and O–H groups in total. The maximum Gasteiger partial charge on any atom is 0.106 e. The van der Waals surface area contributed by atoms with Crippen molar-refractivity contribution < 1.29 is 40.4 Å². The Labute approximate surface area is 98.2 Å². The molecule has 2 fully saturated rings. The Kier molecular flexibility index (Phi) is 4.12. The van der Waals surface area contributed by atoms with E-state index in [1.807, 2.05) is 13.8 Å². The van der Waals surface area contributed by atoms with Gasteiger partial charge in [-0.2, -0.15) is 0 Å². The number of aliphatic hydroxyl groups is 1. The Bertz CT molecular complexity index is 201. The van der Waals surface area contributed by atoms with Gasteiger partial charge in [-0.25, -0.2) is 0 Å². The van der Waals surface area contributed by atoms with E-state index in [1.165, 1.54) is 0 Å². The van der Waals surface area contributed by atoms with Crippen LogP contribution in [0, 0.1) is 6.29 Å². The molecule has 14 heavy (non-hydrogen) atoms. The predicted molar refractivity (Wildman–Crippen MR) is 44.7 cm³/mol. The van der Waals surface area contributed by atoms with E-state index in [1.54, 1.807) is 6.92 Å². The molecule has 2 heterocycles. The Hall–Kier alpha value is 0.528. The monoisotopic (exact) mass is 371 g/mol. The fraction of sp³-hybridized carbons (Fsp3) is 0.889. The van der Waals surface area contributed by atoms with Gasteiger partial charge >= 0.3 is 0 Å². The molecule has 82 valence electrons. The number of aliphatic hydroxyl groups excluding tert-OH is 1. The summed E-state index contributed by atoms with van der Waals surface area (Å²) in [5.41, 5.74) is 0. The molecular weight excluding hydrogens is 356 g/mol. The van der Waals surface area contributed by atoms with Crippen molar-refractivity contribution in [3.63, 3.8) is 0 Å². The molecule has 0 aliphatic carbocycles. The second-order valence-electron chi connectivity index (χ2n) is 3.69. The number of fused-ring (bicyclic) bond motifs is 1. The SMILES string of the molecule is C[C-]1OC2C(C)OC(C)C(O)C2O1.[W]. The van der Waals surface area contributed by atoms with Gasteiger partial charge in [-0.15, -0.1) is 6.92 Å². The van der Waals surface area contributed by atoms with Crippen LogP contribution < -0.4 is 0 Å². The molecule has 2 aliphatic heterocycles. The van der Waals surface area contributed by atoms with Crippen molar-refractivity contribution in [2.45, 2.75) is 51.3 Å². The smallest absolute Gasteiger partial charge is 0.106 e. The van der Waals surface area contributed by atoms with E-state index in [2.05, 4.69) is 0 Å². The summed E-state index contributed by atoms with van der Waals surface area (Å²) in [6.07, 6.45) is -0.714. The predicted octanol–water partition coefficient (Wildman–Crippen LogP) is 0.445. The topological polar surface area (TPSA) is 47.9 Å². The molecule has 0 spiro atoms. The average Bonchev–Trinajstić information content (AvgIpc) is 2.44. The van der Waals surface area contributed by atoms with Gasteiger partial charge < -0.3 is 19.3 Å². The number of hydrogen-bond donors (Lipinski definition) is 1. The Morgan fingerprint density at radius 2 is 1.64 bits per heavy atom. The largest absolute Gasteiger partial charge is 0.516 e. The molecular formula is C9H15O4W-. The first-order valence-corrected chi connectivity index (χ1v) is 4.60. The van der Waals surface area contributed by atoms with Crippen LogP contribution >= 0.6 is 0 Å². The van der Waals surface area contributed by atoms with Gasteiger partial charge in [0.1, 0.15) is 6.10 Å². The zero-order valence-electron chi connectivity index (χ0n) is 8.47. The van der Waals surface area contributed by atoms with Gasteiger partial charge in [-0.1, -0.05) is 6.29 Å². The van der Waals surface area contributed by atoms with E-state index in [-0.39, 0.29) is 45.5 Å². The van der Waals surface area contributed by atoms with Crippen LogP contribution in [0.2, 0.25) is 0 Å². The van der Waals surface area contributed by atoms with Crippen LogP contribution in [-0.2, 0) is 35.3 Å². The van der Waals surface area contributed by atoms with Crippen LogP contribution in [0.5, 0.6) is 0 Å². The van der Waals surface area contributed by atoms with Crippen molar-refractivity contribution in [2.24, 2.45) is 0 Å². The van der Waals surface area contributed by atoms with Gasteiger partial charge in [0, 0.05) is 21.1 Å². The summed E-state index contributed by atoms with van der Waals surface area (Å²) in [5, 5.41) is 9.74. The van der Waals surface area contributed by atoms with Crippen LogP contribution in [0.15, 0.2) is 0 Å². The summed E-state index contributed by atoms with van der Waals surface area (Å²) in [6.45, 7) is 5.53. The van der Waals surface area contributed by atoms with Crippen molar-refractivity contribution in [1.29, 1.82) is 0 Å². The molecule has 0 saturated carbocycles. The number of rotatable bonds is 0. The Morgan fingerprint density at radius 1 is 1.07 bits per heavy atom. The van der Waals surface area contributed by atoms with E-state index in [0.29, 0.717) is 6.29 Å². The molecule has 2 saturated heterocycles. The first-order valence-electron chi connectivity index (χ1n) is 4.60. The molecule has 0 radical (unpaired) electrons. The molecule has 2 aliphatic rings. The van der Waals surface area contributed by atoms with Crippen LogP contribution in [0.25, 0.3) is 0 Å². The summed E-state index contributed by atoms with van der Waals surface area (Å²) < 4.78 is 16.3. The van der Waals surface area contributed by atoms with Gasteiger partial charge in [-0.05, 0) is 13.8 Å².